The highest BCUT2D eigenvalue weighted by molar-refractivity contribution is 7.89. The second-order valence-corrected chi connectivity index (χ2v) is 8.86. The van der Waals surface area contributed by atoms with Crippen LogP contribution in [0.1, 0.15) is 36.8 Å². The minimum atomic E-state index is -3.69. The van der Waals surface area contributed by atoms with Crippen molar-refractivity contribution in [3.63, 3.8) is 0 Å². The van der Waals surface area contributed by atoms with Crippen molar-refractivity contribution in [1.29, 1.82) is 0 Å². The zero-order chi connectivity index (χ0) is 23.1. The van der Waals surface area contributed by atoms with Crippen molar-refractivity contribution in [1.82, 2.24) is 19.3 Å². The molecule has 3 rings (SSSR count). The van der Waals surface area contributed by atoms with E-state index < -0.39 is 15.9 Å². The quantitative estimate of drug-likeness (QED) is 0.502. The fraction of sp³-hybridized carbons (Fsp3) is 0.318. The van der Waals surface area contributed by atoms with E-state index in [2.05, 4.69) is 15.6 Å². The van der Waals surface area contributed by atoms with E-state index in [0.717, 1.165) is 5.56 Å². The molecule has 0 atom stereocenters. The van der Waals surface area contributed by atoms with Crippen molar-refractivity contribution in [3.05, 3.63) is 66.0 Å². The van der Waals surface area contributed by atoms with Gasteiger partial charge in [-0.2, -0.15) is 4.31 Å². The van der Waals surface area contributed by atoms with E-state index in [4.69, 9.17) is 4.74 Å². The van der Waals surface area contributed by atoms with E-state index in [-0.39, 0.29) is 16.3 Å². The Bertz CT molecular complexity index is 1160. The summed E-state index contributed by atoms with van der Waals surface area (Å²) in [7, 11) is -3.69. The van der Waals surface area contributed by atoms with Crippen LogP contribution in [0.15, 0.2) is 59.6 Å². The molecule has 0 unspecified atom stereocenters. The van der Waals surface area contributed by atoms with Gasteiger partial charge in [-0.15, -0.1) is 5.10 Å². The molecule has 170 valence electrons. The highest BCUT2D eigenvalue weighted by atomic mass is 32.2. The second kappa shape index (κ2) is 10.4. The number of hydrogen-bond donors (Lipinski definition) is 1. The number of sulfonamides is 1. The smallest absolute Gasteiger partial charge is 0.277 e. The highest BCUT2D eigenvalue weighted by Crippen LogP contribution is 2.29. The molecule has 0 bridgehead atoms. The van der Waals surface area contributed by atoms with Crippen LogP contribution < -0.4 is 10.1 Å². The molecule has 0 aliphatic rings. The van der Waals surface area contributed by atoms with Crippen LogP contribution in [0.2, 0.25) is 0 Å². The highest BCUT2D eigenvalue weighted by Gasteiger charge is 2.24. The zero-order valence-corrected chi connectivity index (χ0v) is 19.2. The molecule has 10 heteroatoms. The van der Waals surface area contributed by atoms with Gasteiger partial charge < -0.3 is 10.1 Å². The number of anilines is 1. The molecule has 0 radical (unpaired) electrons. The first kappa shape index (κ1) is 23.4. The summed E-state index contributed by atoms with van der Waals surface area (Å²) in [6.45, 7) is 6.88. The third-order valence-corrected chi connectivity index (χ3v) is 6.85. The van der Waals surface area contributed by atoms with Crippen LogP contribution in [-0.4, -0.2) is 53.3 Å². The van der Waals surface area contributed by atoms with Gasteiger partial charge in [-0.25, -0.2) is 13.1 Å². The SMILES string of the molecule is CCOc1ccc(S(=O)(=O)N(CC)CC)cc1NC(=O)c1cn(Cc2ccccc2)nn1. The Morgan fingerprint density at radius 2 is 1.81 bits per heavy atom. The van der Waals surface area contributed by atoms with Gasteiger partial charge in [-0.05, 0) is 30.7 Å². The minimum Gasteiger partial charge on any atom is -0.492 e. The molecular weight excluding hydrogens is 430 g/mol. The first-order valence-corrected chi connectivity index (χ1v) is 11.8. The summed E-state index contributed by atoms with van der Waals surface area (Å²) in [5.74, 6) is -0.140. The molecule has 1 heterocycles. The maximum Gasteiger partial charge on any atom is 0.277 e. The molecule has 1 N–H and O–H groups in total. The third kappa shape index (κ3) is 5.32. The number of amides is 1. The third-order valence-electron chi connectivity index (χ3n) is 4.80. The van der Waals surface area contributed by atoms with Crippen LogP contribution in [0.5, 0.6) is 5.75 Å². The van der Waals surface area contributed by atoms with Crippen LogP contribution in [-0.2, 0) is 16.6 Å². The first-order chi connectivity index (χ1) is 15.4. The van der Waals surface area contributed by atoms with E-state index in [9.17, 15) is 13.2 Å². The van der Waals surface area contributed by atoms with Crippen molar-refractivity contribution in [2.45, 2.75) is 32.2 Å². The fourth-order valence-corrected chi connectivity index (χ4v) is 4.68. The van der Waals surface area contributed by atoms with Gasteiger partial charge in [0.15, 0.2) is 5.69 Å². The summed E-state index contributed by atoms with van der Waals surface area (Å²) in [6, 6.07) is 14.1. The lowest BCUT2D eigenvalue weighted by Gasteiger charge is -2.19. The molecule has 0 spiro atoms. The number of nitrogens with one attached hydrogen (secondary N) is 1. The van der Waals surface area contributed by atoms with E-state index in [1.54, 1.807) is 37.7 Å². The number of rotatable bonds is 10. The molecule has 32 heavy (non-hydrogen) atoms. The fourth-order valence-electron chi connectivity index (χ4n) is 3.20. The van der Waals surface area contributed by atoms with Gasteiger partial charge in [0.1, 0.15) is 5.75 Å². The van der Waals surface area contributed by atoms with Gasteiger partial charge >= 0.3 is 0 Å². The molecule has 0 saturated carbocycles. The molecule has 1 aromatic heterocycles. The number of aromatic nitrogens is 3. The lowest BCUT2D eigenvalue weighted by Crippen LogP contribution is -2.30. The average Bonchev–Trinajstić information content (AvgIpc) is 3.25. The standard InChI is InChI=1S/C22H27N5O4S/c1-4-27(5-2)32(29,30)18-12-13-21(31-6-3)19(14-18)23-22(28)20-16-26(25-24-20)15-17-10-8-7-9-11-17/h7-14,16H,4-6,15H2,1-3H3,(H,23,28). The molecule has 2 aromatic carbocycles. The normalized spacial score (nSPS) is 11.5. The van der Waals surface area contributed by atoms with Crippen LogP contribution in [0.4, 0.5) is 5.69 Å². The van der Waals surface area contributed by atoms with Crippen molar-refractivity contribution < 1.29 is 17.9 Å². The van der Waals surface area contributed by atoms with Crippen molar-refractivity contribution in [2.24, 2.45) is 0 Å². The monoisotopic (exact) mass is 457 g/mol. The Hall–Kier alpha value is -3.24. The van der Waals surface area contributed by atoms with Gasteiger partial charge in [0.05, 0.1) is 29.9 Å². The summed E-state index contributed by atoms with van der Waals surface area (Å²) >= 11 is 0. The van der Waals surface area contributed by atoms with Gasteiger partial charge in [0.2, 0.25) is 10.0 Å². The summed E-state index contributed by atoms with van der Waals surface area (Å²) < 4.78 is 34.3. The van der Waals surface area contributed by atoms with Crippen LogP contribution in [0.25, 0.3) is 0 Å². The molecule has 0 fully saturated rings. The van der Waals surface area contributed by atoms with E-state index in [1.165, 1.54) is 16.4 Å². The Balaban J connectivity index is 1.84. The van der Waals surface area contributed by atoms with Crippen LogP contribution in [0, 0.1) is 0 Å². The largest absolute Gasteiger partial charge is 0.492 e. The average molecular weight is 458 g/mol. The predicted molar refractivity (Wildman–Crippen MR) is 121 cm³/mol. The molecule has 0 aliphatic heterocycles. The van der Waals surface area contributed by atoms with Crippen molar-refractivity contribution in [2.75, 3.05) is 25.0 Å². The van der Waals surface area contributed by atoms with Gasteiger partial charge in [0, 0.05) is 13.1 Å². The number of nitrogens with zero attached hydrogens (tertiary/aromatic N) is 4. The van der Waals surface area contributed by atoms with Gasteiger partial charge in [-0.3, -0.25) is 4.79 Å². The Morgan fingerprint density at radius 3 is 2.47 bits per heavy atom. The second-order valence-electron chi connectivity index (χ2n) is 6.92. The Morgan fingerprint density at radius 1 is 1.09 bits per heavy atom. The number of carbonyl (C=O) groups excluding carboxylic acids is 1. The van der Waals surface area contributed by atoms with Crippen LogP contribution >= 0.6 is 0 Å². The maximum atomic E-state index is 12.9. The van der Waals surface area contributed by atoms with E-state index in [1.807, 2.05) is 30.3 Å². The van der Waals surface area contributed by atoms with Gasteiger partial charge in [-0.1, -0.05) is 49.4 Å². The molecule has 1 amide bonds. The van der Waals surface area contributed by atoms with E-state index >= 15 is 0 Å². The summed E-state index contributed by atoms with van der Waals surface area (Å²) in [5, 5.41) is 10.7. The lowest BCUT2D eigenvalue weighted by atomic mass is 10.2. The summed E-state index contributed by atoms with van der Waals surface area (Å²) in [5.41, 5.74) is 1.39. The van der Waals surface area contributed by atoms with Crippen molar-refractivity contribution >= 4 is 21.6 Å². The topological polar surface area (TPSA) is 106 Å². The first-order valence-electron chi connectivity index (χ1n) is 10.4. The number of carbonyl (C=O) groups is 1. The lowest BCUT2D eigenvalue weighted by molar-refractivity contribution is 0.102. The van der Waals surface area contributed by atoms with Crippen LogP contribution in [0.3, 0.4) is 0 Å². The molecule has 0 saturated heterocycles. The number of benzene rings is 2. The molecule has 3 aromatic rings. The Kier molecular flexibility index (Phi) is 7.60. The predicted octanol–water partition coefficient (Wildman–Crippen LogP) is 3.01. The molecule has 9 nitrogen and oxygen atoms in total. The zero-order valence-electron chi connectivity index (χ0n) is 18.4. The molecule has 0 aliphatic carbocycles. The number of ether oxygens (including phenoxy) is 1. The summed E-state index contributed by atoms with van der Waals surface area (Å²) in [6.07, 6.45) is 1.54. The summed E-state index contributed by atoms with van der Waals surface area (Å²) in [4.78, 5) is 12.9. The van der Waals surface area contributed by atoms with E-state index in [0.29, 0.717) is 32.0 Å². The van der Waals surface area contributed by atoms with Crippen molar-refractivity contribution in [3.8, 4) is 5.75 Å². The molecular formula is C22H27N5O4S. The Labute approximate surface area is 188 Å². The van der Waals surface area contributed by atoms with Gasteiger partial charge in [0.25, 0.3) is 5.91 Å². The maximum absolute atomic E-state index is 12.9. The number of hydrogen-bond acceptors (Lipinski definition) is 6. The minimum absolute atomic E-state index is 0.0766.